The van der Waals surface area contributed by atoms with Gasteiger partial charge in [-0.15, -0.1) is 0 Å². The van der Waals surface area contributed by atoms with E-state index in [1.54, 1.807) is 0 Å². The summed E-state index contributed by atoms with van der Waals surface area (Å²) in [4.78, 5) is 2.38. The Morgan fingerprint density at radius 1 is 1.20 bits per heavy atom. The Labute approximate surface area is 92.4 Å². The second-order valence-electron chi connectivity index (χ2n) is 5.32. The standard InChI is InChI=1S/C14H19N/c1-11-5-6-12-7-8-15(14(2,3)4)10-13(12)9-11/h5-9H,10H2,1-4H3. The molecule has 0 saturated carbocycles. The third-order valence-electron chi connectivity index (χ3n) is 2.93. The number of hydrogen-bond acceptors (Lipinski definition) is 1. The first-order valence-electron chi connectivity index (χ1n) is 5.51. The van der Waals surface area contributed by atoms with E-state index in [2.05, 4.69) is 63.1 Å². The summed E-state index contributed by atoms with van der Waals surface area (Å²) >= 11 is 0. The zero-order valence-corrected chi connectivity index (χ0v) is 10.0. The molecule has 1 heterocycles. The lowest BCUT2D eigenvalue weighted by Crippen LogP contribution is -2.37. The summed E-state index contributed by atoms with van der Waals surface area (Å²) in [6.45, 7) is 9.92. The minimum atomic E-state index is 0.206. The third kappa shape index (κ3) is 2.06. The average Bonchev–Trinajstić information content (AvgIpc) is 2.15. The number of fused-ring (bicyclic) bond motifs is 1. The Kier molecular flexibility index (Phi) is 2.34. The molecule has 1 aromatic carbocycles. The summed E-state index contributed by atoms with van der Waals surface area (Å²) in [5, 5.41) is 0. The van der Waals surface area contributed by atoms with Crippen molar-refractivity contribution in [2.24, 2.45) is 0 Å². The fraction of sp³-hybridized carbons (Fsp3) is 0.429. The molecular formula is C14H19N. The van der Waals surface area contributed by atoms with Gasteiger partial charge in [0.25, 0.3) is 0 Å². The predicted octanol–water partition coefficient (Wildman–Crippen LogP) is 3.58. The third-order valence-corrected chi connectivity index (χ3v) is 2.93. The Balaban J connectivity index is 2.33. The van der Waals surface area contributed by atoms with Gasteiger partial charge in [-0.1, -0.05) is 23.8 Å². The maximum Gasteiger partial charge on any atom is 0.0435 e. The van der Waals surface area contributed by atoms with Crippen LogP contribution < -0.4 is 0 Å². The number of hydrogen-bond donors (Lipinski definition) is 0. The molecule has 0 aliphatic carbocycles. The van der Waals surface area contributed by atoms with Gasteiger partial charge in [-0.05, 0) is 44.9 Å². The Morgan fingerprint density at radius 2 is 1.93 bits per heavy atom. The summed E-state index contributed by atoms with van der Waals surface area (Å²) in [5.74, 6) is 0. The van der Waals surface area contributed by atoms with Crippen molar-refractivity contribution in [3.8, 4) is 0 Å². The number of rotatable bonds is 0. The van der Waals surface area contributed by atoms with Crippen LogP contribution in [0.25, 0.3) is 6.08 Å². The topological polar surface area (TPSA) is 3.24 Å². The summed E-state index contributed by atoms with van der Waals surface area (Å²) in [7, 11) is 0. The first-order chi connectivity index (χ1) is 6.97. The molecule has 1 aliphatic heterocycles. The van der Waals surface area contributed by atoms with E-state index in [9.17, 15) is 0 Å². The van der Waals surface area contributed by atoms with Crippen LogP contribution in [0.4, 0.5) is 0 Å². The van der Waals surface area contributed by atoms with Gasteiger partial charge in [0, 0.05) is 18.3 Å². The van der Waals surface area contributed by atoms with Gasteiger partial charge in [0.15, 0.2) is 0 Å². The highest BCUT2D eigenvalue weighted by Gasteiger charge is 2.21. The van der Waals surface area contributed by atoms with Crippen molar-refractivity contribution in [3.63, 3.8) is 0 Å². The summed E-state index contributed by atoms with van der Waals surface area (Å²) in [6, 6.07) is 6.68. The molecule has 0 bridgehead atoms. The van der Waals surface area contributed by atoms with Gasteiger partial charge in [0.2, 0.25) is 0 Å². The van der Waals surface area contributed by atoms with Crippen LogP contribution in [0.15, 0.2) is 24.4 Å². The molecule has 0 radical (unpaired) electrons. The Hall–Kier alpha value is -1.24. The van der Waals surface area contributed by atoms with Crippen LogP contribution in [0, 0.1) is 6.92 Å². The highest BCUT2D eigenvalue weighted by atomic mass is 15.2. The van der Waals surface area contributed by atoms with Gasteiger partial charge in [-0.3, -0.25) is 0 Å². The van der Waals surface area contributed by atoms with Gasteiger partial charge in [-0.2, -0.15) is 0 Å². The van der Waals surface area contributed by atoms with Crippen LogP contribution in [0.2, 0.25) is 0 Å². The lowest BCUT2D eigenvalue weighted by atomic mass is 9.98. The van der Waals surface area contributed by atoms with Crippen molar-refractivity contribution in [3.05, 3.63) is 41.1 Å². The molecule has 0 spiro atoms. The quantitative estimate of drug-likeness (QED) is 0.620. The normalized spacial score (nSPS) is 15.3. The largest absolute Gasteiger partial charge is 0.368 e. The van der Waals surface area contributed by atoms with E-state index in [0.717, 1.165) is 6.54 Å². The van der Waals surface area contributed by atoms with E-state index in [-0.39, 0.29) is 5.54 Å². The van der Waals surface area contributed by atoms with Gasteiger partial charge < -0.3 is 4.90 Å². The van der Waals surface area contributed by atoms with Crippen LogP contribution in [-0.4, -0.2) is 10.4 Å². The van der Waals surface area contributed by atoms with Crippen molar-refractivity contribution >= 4 is 6.08 Å². The predicted molar refractivity (Wildman–Crippen MR) is 65.5 cm³/mol. The first-order valence-corrected chi connectivity index (χ1v) is 5.51. The van der Waals surface area contributed by atoms with Crippen LogP contribution in [0.5, 0.6) is 0 Å². The maximum absolute atomic E-state index is 2.38. The van der Waals surface area contributed by atoms with Gasteiger partial charge in [0.1, 0.15) is 0 Å². The van der Waals surface area contributed by atoms with E-state index < -0.39 is 0 Å². The molecule has 1 nitrogen and oxygen atoms in total. The molecule has 15 heavy (non-hydrogen) atoms. The first kappa shape index (κ1) is 10.3. The molecule has 80 valence electrons. The average molecular weight is 201 g/mol. The molecule has 0 atom stereocenters. The highest BCUT2D eigenvalue weighted by molar-refractivity contribution is 5.56. The van der Waals surface area contributed by atoms with Gasteiger partial charge in [-0.25, -0.2) is 0 Å². The van der Waals surface area contributed by atoms with E-state index in [0.29, 0.717) is 0 Å². The van der Waals surface area contributed by atoms with Crippen molar-refractivity contribution in [2.45, 2.75) is 39.8 Å². The lowest BCUT2D eigenvalue weighted by molar-refractivity contribution is 0.196. The molecule has 0 unspecified atom stereocenters. The van der Waals surface area contributed by atoms with Crippen molar-refractivity contribution in [1.29, 1.82) is 0 Å². The minimum Gasteiger partial charge on any atom is -0.368 e. The van der Waals surface area contributed by atoms with Gasteiger partial charge >= 0.3 is 0 Å². The highest BCUT2D eigenvalue weighted by Crippen LogP contribution is 2.26. The molecule has 1 heteroatoms. The fourth-order valence-electron chi connectivity index (χ4n) is 1.90. The van der Waals surface area contributed by atoms with E-state index in [1.807, 2.05) is 0 Å². The summed E-state index contributed by atoms with van der Waals surface area (Å²) in [6.07, 6.45) is 4.42. The molecular weight excluding hydrogens is 182 g/mol. The minimum absolute atomic E-state index is 0.206. The maximum atomic E-state index is 2.38. The monoisotopic (exact) mass is 201 g/mol. The second-order valence-corrected chi connectivity index (χ2v) is 5.32. The van der Waals surface area contributed by atoms with E-state index in [4.69, 9.17) is 0 Å². The molecule has 0 aromatic heterocycles. The molecule has 1 aromatic rings. The van der Waals surface area contributed by atoms with Gasteiger partial charge in [0.05, 0.1) is 0 Å². The zero-order valence-electron chi connectivity index (χ0n) is 10.0. The molecule has 0 fully saturated rings. The van der Waals surface area contributed by atoms with Crippen molar-refractivity contribution < 1.29 is 0 Å². The summed E-state index contributed by atoms with van der Waals surface area (Å²) in [5.41, 5.74) is 4.35. The van der Waals surface area contributed by atoms with Crippen LogP contribution in [-0.2, 0) is 6.54 Å². The Morgan fingerprint density at radius 3 is 2.60 bits per heavy atom. The molecule has 0 amide bonds. The van der Waals surface area contributed by atoms with Crippen LogP contribution in [0.1, 0.15) is 37.5 Å². The zero-order chi connectivity index (χ0) is 11.1. The summed E-state index contributed by atoms with van der Waals surface area (Å²) < 4.78 is 0. The Bertz CT molecular complexity index is 396. The number of aryl methyl sites for hydroxylation is 1. The fourth-order valence-corrected chi connectivity index (χ4v) is 1.90. The molecule has 2 rings (SSSR count). The SMILES string of the molecule is Cc1ccc2c(c1)CN(C(C)(C)C)C=C2. The van der Waals surface area contributed by atoms with E-state index in [1.165, 1.54) is 16.7 Å². The lowest BCUT2D eigenvalue weighted by Gasteiger charge is -2.37. The number of benzene rings is 1. The van der Waals surface area contributed by atoms with Crippen LogP contribution in [0.3, 0.4) is 0 Å². The van der Waals surface area contributed by atoms with Crippen molar-refractivity contribution in [2.75, 3.05) is 0 Å². The number of nitrogens with zero attached hydrogens (tertiary/aromatic N) is 1. The molecule has 0 saturated heterocycles. The van der Waals surface area contributed by atoms with Crippen LogP contribution >= 0.6 is 0 Å². The van der Waals surface area contributed by atoms with E-state index >= 15 is 0 Å². The molecule has 0 N–H and O–H groups in total. The van der Waals surface area contributed by atoms with Crippen molar-refractivity contribution in [1.82, 2.24) is 4.90 Å². The second kappa shape index (κ2) is 3.41. The smallest absolute Gasteiger partial charge is 0.0435 e. The molecule has 1 aliphatic rings.